The summed E-state index contributed by atoms with van der Waals surface area (Å²) in [5.41, 5.74) is 0.415. The molecule has 0 spiro atoms. The molecule has 2 aromatic carbocycles. The predicted octanol–water partition coefficient (Wildman–Crippen LogP) is 3.73. The van der Waals surface area contributed by atoms with E-state index in [0.29, 0.717) is 23.1 Å². The number of benzene rings is 2. The molecule has 148 valence electrons. The summed E-state index contributed by atoms with van der Waals surface area (Å²) in [6.07, 6.45) is 5.12. The van der Waals surface area contributed by atoms with Gasteiger partial charge >= 0.3 is 0 Å². The van der Waals surface area contributed by atoms with Gasteiger partial charge in [0.1, 0.15) is 28.9 Å². The molecule has 0 bridgehead atoms. The van der Waals surface area contributed by atoms with Gasteiger partial charge in [-0.25, -0.2) is 18.4 Å². The van der Waals surface area contributed by atoms with Crippen LogP contribution < -0.4 is 9.46 Å². The van der Waals surface area contributed by atoms with Crippen molar-refractivity contribution >= 4 is 15.7 Å². The van der Waals surface area contributed by atoms with E-state index in [1.54, 1.807) is 42.5 Å². The Labute approximate surface area is 173 Å². The highest BCUT2D eigenvalue weighted by Gasteiger charge is 2.18. The first-order chi connectivity index (χ1) is 14.5. The lowest BCUT2D eigenvalue weighted by atomic mass is 10.2. The van der Waals surface area contributed by atoms with E-state index in [9.17, 15) is 8.42 Å². The minimum absolute atomic E-state index is 0.0761. The summed E-state index contributed by atoms with van der Waals surface area (Å²) < 4.78 is 35.2. The van der Waals surface area contributed by atoms with E-state index in [4.69, 9.17) is 10.00 Å². The summed E-state index contributed by atoms with van der Waals surface area (Å²) >= 11 is 0. The molecule has 0 unspecified atom stereocenters. The molecule has 0 amide bonds. The van der Waals surface area contributed by atoms with Crippen molar-refractivity contribution in [1.29, 1.82) is 5.26 Å². The maximum atomic E-state index is 12.6. The first kappa shape index (κ1) is 19.2. The van der Waals surface area contributed by atoms with Crippen LogP contribution in [-0.2, 0) is 10.0 Å². The van der Waals surface area contributed by atoms with Crippen LogP contribution in [0.15, 0.2) is 90.3 Å². The van der Waals surface area contributed by atoms with Crippen molar-refractivity contribution in [1.82, 2.24) is 14.5 Å². The quantitative estimate of drug-likeness (QED) is 0.512. The monoisotopic (exact) mass is 417 g/mol. The largest absolute Gasteiger partial charge is 0.439 e. The zero-order valence-corrected chi connectivity index (χ0v) is 16.3. The third kappa shape index (κ3) is 4.14. The fourth-order valence-electron chi connectivity index (χ4n) is 2.73. The highest BCUT2D eigenvalue weighted by molar-refractivity contribution is 7.92. The molecule has 4 rings (SSSR count). The van der Waals surface area contributed by atoms with E-state index in [1.165, 1.54) is 18.5 Å². The highest BCUT2D eigenvalue weighted by atomic mass is 32.2. The molecule has 30 heavy (non-hydrogen) atoms. The van der Waals surface area contributed by atoms with Crippen molar-refractivity contribution in [3.05, 3.63) is 91.0 Å². The number of rotatable bonds is 6. The lowest BCUT2D eigenvalue weighted by Crippen LogP contribution is -2.14. The van der Waals surface area contributed by atoms with Crippen LogP contribution in [0.2, 0.25) is 0 Å². The zero-order chi connectivity index (χ0) is 21.0. The minimum Gasteiger partial charge on any atom is -0.439 e. The second kappa shape index (κ2) is 8.06. The van der Waals surface area contributed by atoms with Gasteiger partial charge < -0.3 is 9.30 Å². The number of anilines is 1. The van der Waals surface area contributed by atoms with Gasteiger partial charge in [-0.1, -0.05) is 12.1 Å². The van der Waals surface area contributed by atoms with E-state index < -0.39 is 10.0 Å². The molecular formula is C21H15N5O3S. The van der Waals surface area contributed by atoms with Gasteiger partial charge in [-0.15, -0.1) is 0 Å². The van der Waals surface area contributed by atoms with E-state index in [1.807, 2.05) is 35.2 Å². The van der Waals surface area contributed by atoms with E-state index >= 15 is 0 Å². The van der Waals surface area contributed by atoms with Crippen LogP contribution >= 0.6 is 0 Å². The molecule has 4 aromatic rings. The number of aromatic nitrogens is 3. The summed E-state index contributed by atoms with van der Waals surface area (Å²) in [6.45, 7) is 0. The number of hydrogen-bond acceptors (Lipinski definition) is 6. The van der Waals surface area contributed by atoms with Gasteiger partial charge in [-0.05, 0) is 48.5 Å². The summed E-state index contributed by atoms with van der Waals surface area (Å²) in [7, 11) is -3.90. The van der Waals surface area contributed by atoms with Crippen LogP contribution in [0, 0.1) is 11.3 Å². The van der Waals surface area contributed by atoms with Crippen molar-refractivity contribution in [3.63, 3.8) is 0 Å². The van der Waals surface area contributed by atoms with Crippen molar-refractivity contribution in [2.75, 3.05) is 4.72 Å². The molecule has 0 aliphatic rings. The predicted molar refractivity (Wildman–Crippen MR) is 110 cm³/mol. The molecule has 2 aromatic heterocycles. The van der Waals surface area contributed by atoms with Gasteiger partial charge in [0.05, 0.1) is 5.56 Å². The fraction of sp³-hybridized carbons (Fsp3) is 0. The maximum Gasteiger partial charge on any atom is 0.263 e. The lowest BCUT2D eigenvalue weighted by Gasteiger charge is -2.10. The normalized spacial score (nSPS) is 10.9. The second-order valence-corrected chi connectivity index (χ2v) is 7.80. The number of nitriles is 1. The summed E-state index contributed by atoms with van der Waals surface area (Å²) in [6, 6.07) is 19.7. The minimum atomic E-state index is -3.90. The molecule has 2 heterocycles. The van der Waals surface area contributed by atoms with Crippen LogP contribution in [0.3, 0.4) is 0 Å². The number of ether oxygens (including phenoxy) is 1. The number of hydrogen-bond donors (Lipinski definition) is 1. The summed E-state index contributed by atoms with van der Waals surface area (Å²) in [5.74, 6) is 1.49. The molecule has 0 aliphatic heterocycles. The first-order valence-corrected chi connectivity index (χ1v) is 10.3. The molecule has 0 saturated carbocycles. The van der Waals surface area contributed by atoms with Crippen LogP contribution in [0.1, 0.15) is 5.56 Å². The van der Waals surface area contributed by atoms with Gasteiger partial charge in [-0.2, -0.15) is 5.26 Å². The molecule has 0 radical (unpaired) electrons. The van der Waals surface area contributed by atoms with Crippen LogP contribution in [0.25, 0.3) is 5.82 Å². The van der Waals surface area contributed by atoms with Crippen molar-refractivity contribution in [2.24, 2.45) is 0 Å². The Hall–Kier alpha value is -4.16. The third-order valence-corrected chi connectivity index (χ3v) is 5.56. The third-order valence-electron chi connectivity index (χ3n) is 4.12. The average molecular weight is 417 g/mol. The maximum absolute atomic E-state index is 12.6. The van der Waals surface area contributed by atoms with Gasteiger partial charge in [-0.3, -0.25) is 4.72 Å². The Morgan fingerprint density at radius 2 is 1.70 bits per heavy atom. The SMILES string of the molecule is N#Cc1ccccc1S(=O)(=O)Nc1ccc(Oc2cc(-n3cccc3)ncn2)cc1. The molecule has 0 atom stereocenters. The van der Waals surface area contributed by atoms with E-state index in [-0.39, 0.29) is 10.5 Å². The fourth-order valence-corrected chi connectivity index (χ4v) is 3.95. The average Bonchev–Trinajstić information content (AvgIpc) is 3.30. The lowest BCUT2D eigenvalue weighted by molar-refractivity contribution is 0.461. The molecule has 9 heteroatoms. The van der Waals surface area contributed by atoms with Crippen LogP contribution in [0.4, 0.5) is 5.69 Å². The molecule has 8 nitrogen and oxygen atoms in total. The Bertz CT molecular complexity index is 1310. The van der Waals surface area contributed by atoms with E-state index in [0.717, 1.165) is 0 Å². The number of sulfonamides is 1. The van der Waals surface area contributed by atoms with Crippen LogP contribution in [-0.4, -0.2) is 23.0 Å². The number of nitrogens with zero attached hydrogens (tertiary/aromatic N) is 4. The Morgan fingerprint density at radius 3 is 2.43 bits per heavy atom. The molecular weight excluding hydrogens is 402 g/mol. The van der Waals surface area contributed by atoms with Gasteiger partial charge in [0.25, 0.3) is 10.0 Å². The first-order valence-electron chi connectivity index (χ1n) is 8.80. The number of nitrogens with one attached hydrogen (secondary N) is 1. The Kier molecular flexibility index (Phi) is 5.15. The molecule has 0 saturated heterocycles. The van der Waals surface area contributed by atoms with Crippen LogP contribution in [0.5, 0.6) is 11.6 Å². The van der Waals surface area contributed by atoms with Gasteiger partial charge in [0.15, 0.2) is 0 Å². The van der Waals surface area contributed by atoms with E-state index in [2.05, 4.69) is 14.7 Å². The smallest absolute Gasteiger partial charge is 0.263 e. The Morgan fingerprint density at radius 1 is 0.967 bits per heavy atom. The van der Waals surface area contributed by atoms with Crippen molar-refractivity contribution in [3.8, 4) is 23.5 Å². The van der Waals surface area contributed by atoms with Gasteiger partial charge in [0, 0.05) is 24.1 Å². The molecule has 0 aliphatic carbocycles. The molecule has 0 fully saturated rings. The summed E-state index contributed by atoms with van der Waals surface area (Å²) in [5, 5.41) is 9.13. The topological polar surface area (TPSA) is 110 Å². The highest BCUT2D eigenvalue weighted by Crippen LogP contribution is 2.24. The van der Waals surface area contributed by atoms with Crippen molar-refractivity contribution in [2.45, 2.75) is 4.90 Å². The van der Waals surface area contributed by atoms with Gasteiger partial charge in [0.2, 0.25) is 5.88 Å². The zero-order valence-electron chi connectivity index (χ0n) is 15.5. The Balaban J connectivity index is 1.50. The standard InChI is InChI=1S/C21H15N5O3S/c22-14-16-5-1-2-6-19(16)30(27,28)25-17-7-9-18(10-8-17)29-21-13-20(23-15-24-21)26-11-3-4-12-26/h1-13,15,25H. The second-order valence-electron chi connectivity index (χ2n) is 6.14. The summed E-state index contributed by atoms with van der Waals surface area (Å²) in [4.78, 5) is 8.21. The molecule has 1 N–H and O–H groups in total. The van der Waals surface area contributed by atoms with Crippen molar-refractivity contribution < 1.29 is 13.2 Å².